The number of carbonyl (C=O) groups excluding carboxylic acids is 4. The maximum Gasteiger partial charge on any atom is 0.429 e. The van der Waals surface area contributed by atoms with Gasteiger partial charge in [-0.25, -0.2) is 19.6 Å². The van der Waals surface area contributed by atoms with Crippen LogP contribution in [0.1, 0.15) is 59.4 Å². The van der Waals surface area contributed by atoms with Gasteiger partial charge in [-0.2, -0.15) is 0 Å². The maximum atomic E-state index is 13.5. The third kappa shape index (κ3) is 7.20. The number of amides is 2. The van der Waals surface area contributed by atoms with E-state index in [-0.39, 0.29) is 26.2 Å². The van der Waals surface area contributed by atoms with E-state index in [1.807, 2.05) is 30.3 Å². The molecule has 1 saturated heterocycles. The van der Waals surface area contributed by atoms with Crippen LogP contribution in [-0.4, -0.2) is 58.8 Å². The standard InChI is InChI=1S/C24H34N2O7/c1-6-18(21(28)31-7-2)20(27)26-19(22(29)33-24(3,4)5)14-11-15-25(26)23(30)32-16-17-12-9-8-10-13-17/h8-10,12-13,18-19H,6-7,11,14-16H2,1-5H3. The van der Waals surface area contributed by atoms with E-state index < -0.39 is 41.5 Å². The molecule has 1 aromatic rings. The monoisotopic (exact) mass is 462 g/mol. The van der Waals surface area contributed by atoms with E-state index >= 15 is 0 Å². The van der Waals surface area contributed by atoms with Gasteiger partial charge in [-0.3, -0.25) is 9.59 Å². The van der Waals surface area contributed by atoms with Crippen LogP contribution < -0.4 is 0 Å². The number of esters is 2. The fraction of sp³-hybridized carbons (Fsp3) is 0.583. The lowest BCUT2D eigenvalue weighted by Crippen LogP contribution is -2.62. The number of benzene rings is 1. The van der Waals surface area contributed by atoms with Gasteiger partial charge in [0.15, 0.2) is 6.04 Å². The first kappa shape index (κ1) is 26.2. The van der Waals surface area contributed by atoms with Crippen LogP contribution in [0.25, 0.3) is 0 Å². The molecule has 9 nitrogen and oxygen atoms in total. The Balaban J connectivity index is 2.32. The van der Waals surface area contributed by atoms with E-state index in [9.17, 15) is 19.2 Å². The molecule has 2 atom stereocenters. The van der Waals surface area contributed by atoms with Gasteiger partial charge in [0.05, 0.1) is 6.61 Å². The van der Waals surface area contributed by atoms with Gasteiger partial charge in [0.25, 0.3) is 5.91 Å². The van der Waals surface area contributed by atoms with Crippen LogP contribution in [0.2, 0.25) is 0 Å². The average Bonchev–Trinajstić information content (AvgIpc) is 2.77. The molecule has 33 heavy (non-hydrogen) atoms. The number of hydrogen-bond donors (Lipinski definition) is 0. The van der Waals surface area contributed by atoms with E-state index in [1.165, 1.54) is 0 Å². The van der Waals surface area contributed by atoms with Crippen molar-refractivity contribution >= 4 is 23.9 Å². The Labute approximate surface area is 194 Å². The van der Waals surface area contributed by atoms with Crippen LogP contribution >= 0.6 is 0 Å². The summed E-state index contributed by atoms with van der Waals surface area (Å²) >= 11 is 0. The quantitative estimate of drug-likeness (QED) is 0.347. The summed E-state index contributed by atoms with van der Waals surface area (Å²) in [7, 11) is 0. The molecule has 1 fully saturated rings. The predicted octanol–water partition coefficient (Wildman–Crippen LogP) is 3.46. The van der Waals surface area contributed by atoms with Gasteiger partial charge in [0, 0.05) is 6.54 Å². The maximum absolute atomic E-state index is 13.5. The van der Waals surface area contributed by atoms with Crippen LogP contribution in [0, 0.1) is 5.92 Å². The Morgan fingerprint density at radius 1 is 1.06 bits per heavy atom. The minimum absolute atomic E-state index is 0.00436. The molecule has 182 valence electrons. The molecule has 0 aliphatic carbocycles. The number of hydrazine groups is 1. The highest BCUT2D eigenvalue weighted by Gasteiger charge is 2.45. The van der Waals surface area contributed by atoms with Crippen molar-refractivity contribution in [1.82, 2.24) is 10.0 Å². The van der Waals surface area contributed by atoms with Gasteiger partial charge in [-0.05, 0) is 52.5 Å². The highest BCUT2D eigenvalue weighted by Crippen LogP contribution is 2.26. The molecule has 0 bridgehead atoms. The van der Waals surface area contributed by atoms with Gasteiger partial charge in [0.1, 0.15) is 18.1 Å². The number of carbonyl (C=O) groups is 4. The molecule has 1 aliphatic rings. The second kappa shape index (κ2) is 11.7. The van der Waals surface area contributed by atoms with Crippen molar-refractivity contribution in [3.63, 3.8) is 0 Å². The molecule has 1 heterocycles. The summed E-state index contributed by atoms with van der Waals surface area (Å²) in [5, 5.41) is 2.14. The smallest absolute Gasteiger partial charge is 0.429 e. The molecule has 0 radical (unpaired) electrons. The Kier molecular flexibility index (Phi) is 9.25. The van der Waals surface area contributed by atoms with Gasteiger partial charge in [-0.1, -0.05) is 37.3 Å². The molecule has 1 aliphatic heterocycles. The molecule has 1 aromatic carbocycles. The first-order chi connectivity index (χ1) is 15.6. The SMILES string of the molecule is CCOC(=O)C(CC)C(=O)N1C(C(=O)OC(C)(C)C)CCCN1C(=O)OCc1ccccc1. The van der Waals surface area contributed by atoms with Gasteiger partial charge in [-0.15, -0.1) is 0 Å². The van der Waals surface area contributed by atoms with Crippen molar-refractivity contribution in [1.29, 1.82) is 0 Å². The lowest BCUT2D eigenvalue weighted by Gasteiger charge is -2.43. The summed E-state index contributed by atoms with van der Waals surface area (Å²) < 4.78 is 16.0. The van der Waals surface area contributed by atoms with Crippen LogP contribution in [-0.2, 0) is 35.2 Å². The summed E-state index contributed by atoms with van der Waals surface area (Å²) in [6.07, 6.45) is 0.133. The van der Waals surface area contributed by atoms with Gasteiger partial charge < -0.3 is 14.2 Å². The first-order valence-electron chi connectivity index (χ1n) is 11.3. The van der Waals surface area contributed by atoms with Crippen molar-refractivity contribution in [2.75, 3.05) is 13.2 Å². The molecule has 0 N–H and O–H groups in total. The van der Waals surface area contributed by atoms with E-state index in [2.05, 4.69) is 0 Å². The molecule has 2 unspecified atom stereocenters. The first-order valence-corrected chi connectivity index (χ1v) is 11.3. The fourth-order valence-electron chi connectivity index (χ4n) is 3.51. The zero-order valence-corrected chi connectivity index (χ0v) is 20.0. The summed E-state index contributed by atoms with van der Waals surface area (Å²) in [6.45, 7) is 8.76. The lowest BCUT2D eigenvalue weighted by atomic mass is 10.0. The van der Waals surface area contributed by atoms with Crippen LogP contribution in [0.15, 0.2) is 30.3 Å². The molecule has 0 aromatic heterocycles. The Morgan fingerprint density at radius 3 is 2.30 bits per heavy atom. The molecular weight excluding hydrogens is 428 g/mol. The Morgan fingerprint density at radius 2 is 1.73 bits per heavy atom. The zero-order chi connectivity index (χ0) is 24.6. The highest BCUT2D eigenvalue weighted by atomic mass is 16.6. The Bertz CT molecular complexity index is 835. The molecule has 2 amide bonds. The average molecular weight is 463 g/mol. The molecule has 9 heteroatoms. The second-order valence-electron chi connectivity index (χ2n) is 8.75. The summed E-state index contributed by atoms with van der Waals surface area (Å²) in [5.41, 5.74) is -0.00454. The topological polar surface area (TPSA) is 102 Å². The Hall–Kier alpha value is -3.10. The zero-order valence-electron chi connectivity index (χ0n) is 20.0. The van der Waals surface area contributed by atoms with Crippen LogP contribution in [0.5, 0.6) is 0 Å². The van der Waals surface area contributed by atoms with Gasteiger partial charge >= 0.3 is 18.0 Å². The van der Waals surface area contributed by atoms with E-state index in [0.29, 0.717) is 12.8 Å². The summed E-state index contributed by atoms with van der Waals surface area (Å²) in [4.78, 5) is 51.9. The van der Waals surface area contributed by atoms with E-state index in [0.717, 1.165) is 15.6 Å². The van der Waals surface area contributed by atoms with E-state index in [4.69, 9.17) is 14.2 Å². The van der Waals surface area contributed by atoms with Gasteiger partial charge in [0.2, 0.25) is 0 Å². The van der Waals surface area contributed by atoms with Crippen LogP contribution in [0.4, 0.5) is 4.79 Å². The van der Waals surface area contributed by atoms with Crippen LogP contribution in [0.3, 0.4) is 0 Å². The number of hydrogen-bond acceptors (Lipinski definition) is 7. The molecule has 0 saturated carbocycles. The van der Waals surface area contributed by atoms with E-state index in [1.54, 1.807) is 34.6 Å². The number of rotatable bonds is 7. The third-order valence-electron chi connectivity index (χ3n) is 5.00. The highest BCUT2D eigenvalue weighted by molar-refractivity contribution is 5.99. The summed E-state index contributed by atoms with van der Waals surface area (Å²) in [6, 6.07) is 8.06. The minimum atomic E-state index is -1.16. The lowest BCUT2D eigenvalue weighted by molar-refractivity contribution is -0.185. The predicted molar refractivity (Wildman–Crippen MR) is 119 cm³/mol. The molecule has 0 spiro atoms. The number of nitrogens with zero attached hydrogens (tertiary/aromatic N) is 2. The number of ether oxygens (including phenoxy) is 3. The van der Waals surface area contributed by atoms with Crippen molar-refractivity contribution in [3.05, 3.63) is 35.9 Å². The largest absolute Gasteiger partial charge is 0.465 e. The minimum Gasteiger partial charge on any atom is -0.465 e. The second-order valence-corrected chi connectivity index (χ2v) is 8.75. The summed E-state index contributed by atoms with van der Waals surface area (Å²) in [5.74, 6) is -3.19. The van der Waals surface area contributed by atoms with Crippen molar-refractivity contribution in [2.24, 2.45) is 5.92 Å². The fourth-order valence-corrected chi connectivity index (χ4v) is 3.51. The third-order valence-corrected chi connectivity index (χ3v) is 5.00. The molecular formula is C24H34N2O7. The van der Waals surface area contributed by atoms with Crippen molar-refractivity contribution in [2.45, 2.75) is 72.1 Å². The van der Waals surface area contributed by atoms with Crippen molar-refractivity contribution < 1.29 is 33.4 Å². The van der Waals surface area contributed by atoms with Crippen molar-refractivity contribution in [3.8, 4) is 0 Å². The normalized spacial score (nSPS) is 17.2. The molecule has 2 rings (SSSR count).